The summed E-state index contributed by atoms with van der Waals surface area (Å²) in [6.07, 6.45) is 1.21. The largest absolute Gasteiger partial charge is 0.449 e. The minimum atomic E-state index is -0.505. The van der Waals surface area contributed by atoms with E-state index in [1.165, 1.54) is 4.90 Å². The van der Waals surface area contributed by atoms with Crippen LogP contribution in [0.4, 0.5) is 4.79 Å². The molecular weight excluding hydrogens is 234 g/mol. The van der Waals surface area contributed by atoms with Gasteiger partial charge in [0.05, 0.1) is 6.61 Å². The van der Waals surface area contributed by atoms with Crippen molar-refractivity contribution >= 4 is 12.0 Å². The molecule has 1 aliphatic rings. The first kappa shape index (κ1) is 14.8. The van der Waals surface area contributed by atoms with E-state index in [4.69, 9.17) is 10.5 Å². The number of piperidine rings is 1. The molecule has 0 spiro atoms. The number of nitrogens with one attached hydrogen (secondary N) is 1. The number of nitrogens with zero attached hydrogens (tertiary/aromatic N) is 1. The Morgan fingerprint density at radius 3 is 2.50 bits per heavy atom. The van der Waals surface area contributed by atoms with Crippen LogP contribution in [0.5, 0.6) is 0 Å². The first-order chi connectivity index (χ1) is 8.50. The normalized spacial score (nSPS) is 16.6. The van der Waals surface area contributed by atoms with Gasteiger partial charge in [-0.1, -0.05) is 13.8 Å². The maximum absolute atomic E-state index is 12.0. The van der Waals surface area contributed by atoms with Crippen LogP contribution in [0.2, 0.25) is 0 Å². The maximum atomic E-state index is 12.0. The average Bonchev–Trinajstić information content (AvgIpc) is 2.34. The maximum Gasteiger partial charge on any atom is 0.410 e. The van der Waals surface area contributed by atoms with E-state index in [1.807, 2.05) is 13.8 Å². The highest BCUT2D eigenvalue weighted by molar-refractivity contribution is 5.81. The van der Waals surface area contributed by atoms with Gasteiger partial charge in [-0.05, 0) is 31.8 Å². The third kappa shape index (κ3) is 4.91. The Labute approximate surface area is 108 Å². The van der Waals surface area contributed by atoms with Crippen molar-refractivity contribution in [2.24, 2.45) is 11.7 Å². The predicted molar refractivity (Wildman–Crippen MR) is 68.0 cm³/mol. The third-order valence-corrected chi connectivity index (χ3v) is 2.85. The molecule has 6 nitrogen and oxygen atoms in total. The quantitative estimate of drug-likeness (QED) is 0.742. The van der Waals surface area contributed by atoms with Crippen molar-refractivity contribution in [1.29, 1.82) is 0 Å². The highest BCUT2D eigenvalue weighted by Crippen LogP contribution is 2.13. The van der Waals surface area contributed by atoms with Gasteiger partial charge < -0.3 is 15.8 Å². The SMILES string of the molecule is CC(C)COC(=O)N(CC(N)=O)C1CCNCC1. The van der Waals surface area contributed by atoms with E-state index in [0.29, 0.717) is 6.61 Å². The van der Waals surface area contributed by atoms with Gasteiger partial charge in [0.2, 0.25) is 5.91 Å². The highest BCUT2D eigenvalue weighted by Gasteiger charge is 2.27. The fraction of sp³-hybridized carbons (Fsp3) is 0.833. The molecule has 0 unspecified atom stereocenters. The van der Waals surface area contributed by atoms with Gasteiger partial charge in [-0.2, -0.15) is 0 Å². The molecule has 104 valence electrons. The van der Waals surface area contributed by atoms with Gasteiger partial charge in [0.15, 0.2) is 0 Å². The van der Waals surface area contributed by atoms with Crippen LogP contribution in [0.25, 0.3) is 0 Å². The molecule has 6 heteroatoms. The number of primary amides is 1. The van der Waals surface area contributed by atoms with Crippen molar-refractivity contribution in [2.45, 2.75) is 32.7 Å². The molecule has 0 aromatic rings. The van der Waals surface area contributed by atoms with Gasteiger partial charge in [-0.25, -0.2) is 4.79 Å². The Kier molecular flexibility index (Phi) is 5.91. The molecule has 1 saturated heterocycles. The standard InChI is InChI=1S/C12H23N3O3/c1-9(2)8-18-12(17)15(7-11(13)16)10-3-5-14-6-4-10/h9-10,14H,3-8H2,1-2H3,(H2,13,16). The summed E-state index contributed by atoms with van der Waals surface area (Å²) in [6, 6.07) is 0.0402. The molecule has 0 aromatic heterocycles. The monoisotopic (exact) mass is 257 g/mol. The summed E-state index contributed by atoms with van der Waals surface area (Å²) in [6.45, 7) is 5.92. The minimum Gasteiger partial charge on any atom is -0.449 e. The number of nitrogens with two attached hydrogens (primary N) is 1. The number of amides is 2. The van der Waals surface area contributed by atoms with Crippen LogP contribution in [0.15, 0.2) is 0 Å². The summed E-state index contributed by atoms with van der Waals surface area (Å²) in [4.78, 5) is 24.5. The molecule has 0 saturated carbocycles. The number of ether oxygens (including phenoxy) is 1. The molecule has 3 N–H and O–H groups in total. The van der Waals surface area contributed by atoms with Crippen molar-refractivity contribution in [3.05, 3.63) is 0 Å². The third-order valence-electron chi connectivity index (χ3n) is 2.85. The molecule has 2 amide bonds. The Morgan fingerprint density at radius 1 is 1.39 bits per heavy atom. The molecule has 18 heavy (non-hydrogen) atoms. The van der Waals surface area contributed by atoms with E-state index in [2.05, 4.69) is 5.32 Å². The predicted octanol–water partition coefficient (Wildman–Crippen LogP) is 0.318. The second kappa shape index (κ2) is 7.20. The Balaban J connectivity index is 2.58. The van der Waals surface area contributed by atoms with E-state index in [1.54, 1.807) is 0 Å². The summed E-state index contributed by atoms with van der Waals surface area (Å²) >= 11 is 0. The van der Waals surface area contributed by atoms with Crippen molar-refractivity contribution in [3.8, 4) is 0 Å². The van der Waals surface area contributed by atoms with Gasteiger partial charge in [0.25, 0.3) is 0 Å². The second-order valence-corrected chi connectivity index (χ2v) is 5.05. The van der Waals surface area contributed by atoms with Crippen LogP contribution in [-0.2, 0) is 9.53 Å². The Hall–Kier alpha value is -1.30. The van der Waals surface area contributed by atoms with E-state index >= 15 is 0 Å². The van der Waals surface area contributed by atoms with Crippen molar-refractivity contribution in [3.63, 3.8) is 0 Å². The van der Waals surface area contributed by atoms with Crippen LogP contribution in [-0.4, -0.2) is 49.2 Å². The van der Waals surface area contributed by atoms with Gasteiger partial charge in [0.1, 0.15) is 6.54 Å². The number of carbonyl (C=O) groups excluding carboxylic acids is 2. The van der Waals surface area contributed by atoms with Gasteiger partial charge in [-0.15, -0.1) is 0 Å². The molecule has 0 bridgehead atoms. The van der Waals surface area contributed by atoms with E-state index in [0.717, 1.165) is 25.9 Å². The molecule has 1 rings (SSSR count). The lowest BCUT2D eigenvalue weighted by molar-refractivity contribution is -0.119. The number of rotatable bonds is 5. The molecule has 0 aromatic carbocycles. The zero-order chi connectivity index (χ0) is 13.5. The number of carbonyl (C=O) groups is 2. The van der Waals surface area contributed by atoms with Gasteiger partial charge in [0, 0.05) is 6.04 Å². The van der Waals surface area contributed by atoms with Crippen LogP contribution in [0, 0.1) is 5.92 Å². The molecule has 1 aliphatic heterocycles. The second-order valence-electron chi connectivity index (χ2n) is 5.05. The number of hydrogen-bond acceptors (Lipinski definition) is 4. The molecule has 0 aliphatic carbocycles. The van der Waals surface area contributed by atoms with Gasteiger partial charge in [-0.3, -0.25) is 9.69 Å². The Bertz CT molecular complexity index is 288. The molecule has 0 radical (unpaired) electrons. The first-order valence-electron chi connectivity index (χ1n) is 6.43. The Morgan fingerprint density at radius 2 is 2.00 bits per heavy atom. The van der Waals surface area contributed by atoms with Crippen LogP contribution >= 0.6 is 0 Å². The van der Waals surface area contributed by atoms with Crippen molar-refractivity contribution < 1.29 is 14.3 Å². The zero-order valence-corrected chi connectivity index (χ0v) is 11.1. The highest BCUT2D eigenvalue weighted by atomic mass is 16.6. The fourth-order valence-corrected chi connectivity index (χ4v) is 1.95. The van der Waals surface area contributed by atoms with Crippen molar-refractivity contribution in [1.82, 2.24) is 10.2 Å². The van der Waals surface area contributed by atoms with E-state index in [-0.39, 0.29) is 18.5 Å². The summed E-state index contributed by atoms with van der Waals surface area (Å²) in [5.41, 5.74) is 5.19. The van der Waals surface area contributed by atoms with E-state index in [9.17, 15) is 9.59 Å². The van der Waals surface area contributed by atoms with Gasteiger partial charge >= 0.3 is 6.09 Å². The summed E-state index contributed by atoms with van der Waals surface area (Å²) in [5.74, 6) is -0.229. The number of hydrogen-bond donors (Lipinski definition) is 2. The summed E-state index contributed by atoms with van der Waals surface area (Å²) in [7, 11) is 0. The van der Waals surface area contributed by atoms with E-state index < -0.39 is 12.0 Å². The molecular formula is C12H23N3O3. The first-order valence-corrected chi connectivity index (χ1v) is 6.43. The summed E-state index contributed by atoms with van der Waals surface area (Å²) in [5, 5.41) is 3.22. The van der Waals surface area contributed by atoms with Crippen molar-refractivity contribution in [2.75, 3.05) is 26.2 Å². The molecule has 0 atom stereocenters. The van der Waals surface area contributed by atoms with Crippen LogP contribution in [0.3, 0.4) is 0 Å². The zero-order valence-electron chi connectivity index (χ0n) is 11.1. The fourth-order valence-electron chi connectivity index (χ4n) is 1.95. The van der Waals surface area contributed by atoms with Crippen LogP contribution < -0.4 is 11.1 Å². The average molecular weight is 257 g/mol. The smallest absolute Gasteiger partial charge is 0.410 e. The lowest BCUT2D eigenvalue weighted by atomic mass is 10.1. The minimum absolute atomic E-state index is 0.0402. The summed E-state index contributed by atoms with van der Waals surface area (Å²) < 4.78 is 5.18. The lowest BCUT2D eigenvalue weighted by Gasteiger charge is -2.33. The molecule has 1 heterocycles. The lowest BCUT2D eigenvalue weighted by Crippen LogP contribution is -2.49. The van der Waals surface area contributed by atoms with Crippen LogP contribution in [0.1, 0.15) is 26.7 Å². The topological polar surface area (TPSA) is 84.7 Å². The molecule has 1 fully saturated rings.